The third kappa shape index (κ3) is 2.39. The van der Waals surface area contributed by atoms with E-state index >= 15 is 0 Å². The Labute approximate surface area is 138 Å². The van der Waals surface area contributed by atoms with Crippen molar-refractivity contribution in [2.45, 2.75) is 56.1 Å². The van der Waals surface area contributed by atoms with Gasteiger partial charge in [0.1, 0.15) is 17.2 Å². The number of hydrogen-bond donors (Lipinski definition) is 1. The number of esters is 1. The van der Waals surface area contributed by atoms with E-state index in [4.69, 9.17) is 4.74 Å². The first-order valence-corrected chi connectivity index (χ1v) is 8.44. The van der Waals surface area contributed by atoms with Crippen molar-refractivity contribution < 1.29 is 23.1 Å². The van der Waals surface area contributed by atoms with E-state index < -0.39 is 28.7 Å². The van der Waals surface area contributed by atoms with Gasteiger partial charge in [0.2, 0.25) is 5.91 Å². The maximum absolute atomic E-state index is 14.1. The number of carbonyl (C=O) groups excluding carboxylic acids is 2. The van der Waals surface area contributed by atoms with Gasteiger partial charge in [0.05, 0.1) is 17.9 Å². The van der Waals surface area contributed by atoms with Crippen LogP contribution in [0, 0.1) is 17.6 Å². The van der Waals surface area contributed by atoms with Crippen LogP contribution < -0.4 is 5.32 Å². The minimum atomic E-state index is -0.852. The second kappa shape index (κ2) is 5.26. The predicted molar refractivity (Wildman–Crippen MR) is 80.8 cm³/mol. The molecule has 1 aliphatic heterocycles. The van der Waals surface area contributed by atoms with Crippen molar-refractivity contribution in [1.29, 1.82) is 0 Å². The summed E-state index contributed by atoms with van der Waals surface area (Å²) in [4.78, 5) is 24.6. The first-order valence-electron chi connectivity index (χ1n) is 8.44. The fourth-order valence-corrected chi connectivity index (χ4v) is 4.22. The molecule has 4 rings (SSSR count). The number of nitrogens with one attached hydrogen (secondary N) is 1. The molecule has 2 saturated carbocycles. The van der Waals surface area contributed by atoms with Crippen molar-refractivity contribution in [3.63, 3.8) is 0 Å². The van der Waals surface area contributed by atoms with Crippen LogP contribution in [0.15, 0.2) is 18.2 Å². The normalized spacial score (nSPS) is 26.4. The van der Waals surface area contributed by atoms with Crippen LogP contribution in [0.5, 0.6) is 0 Å². The van der Waals surface area contributed by atoms with Gasteiger partial charge in [-0.25, -0.2) is 8.78 Å². The summed E-state index contributed by atoms with van der Waals surface area (Å²) in [5, 5.41) is 2.89. The number of halogens is 2. The molecular weight excluding hydrogens is 316 g/mol. The van der Waals surface area contributed by atoms with Crippen LogP contribution in [0.1, 0.15) is 50.5 Å². The number of hydrogen-bond acceptors (Lipinski definition) is 3. The van der Waals surface area contributed by atoms with Gasteiger partial charge in [0.25, 0.3) is 0 Å². The summed E-state index contributed by atoms with van der Waals surface area (Å²) in [6.07, 6.45) is 4.44. The number of rotatable bonds is 3. The molecule has 1 spiro atoms. The van der Waals surface area contributed by atoms with Gasteiger partial charge in [-0.05, 0) is 56.7 Å². The smallest absolute Gasteiger partial charge is 0.307 e. The molecule has 128 valence electrons. The van der Waals surface area contributed by atoms with Crippen LogP contribution in [0.2, 0.25) is 0 Å². The fraction of sp³-hybridized carbons (Fsp3) is 0.556. The van der Waals surface area contributed by atoms with Crippen molar-refractivity contribution in [3.05, 3.63) is 35.4 Å². The van der Waals surface area contributed by atoms with E-state index in [2.05, 4.69) is 5.32 Å². The number of carbonyl (C=O) groups is 2. The Morgan fingerprint density at radius 2 is 1.88 bits per heavy atom. The Morgan fingerprint density at radius 1 is 1.17 bits per heavy atom. The largest absolute Gasteiger partial charge is 0.458 e. The van der Waals surface area contributed by atoms with Gasteiger partial charge < -0.3 is 10.1 Å². The second-order valence-corrected chi connectivity index (χ2v) is 7.20. The summed E-state index contributed by atoms with van der Waals surface area (Å²) in [7, 11) is 0. The second-order valence-electron chi connectivity index (χ2n) is 7.20. The quantitative estimate of drug-likeness (QED) is 0.864. The van der Waals surface area contributed by atoms with Gasteiger partial charge in [0.15, 0.2) is 0 Å². The van der Waals surface area contributed by atoms with Crippen LogP contribution >= 0.6 is 0 Å². The van der Waals surface area contributed by atoms with E-state index in [1.54, 1.807) is 0 Å². The number of amides is 1. The highest BCUT2D eigenvalue weighted by atomic mass is 19.1. The lowest BCUT2D eigenvalue weighted by Gasteiger charge is -2.29. The summed E-state index contributed by atoms with van der Waals surface area (Å²) in [5.74, 6) is -2.23. The fourth-order valence-electron chi connectivity index (χ4n) is 4.22. The van der Waals surface area contributed by atoms with Crippen LogP contribution in [0.4, 0.5) is 8.78 Å². The van der Waals surface area contributed by atoms with Crippen molar-refractivity contribution in [1.82, 2.24) is 5.32 Å². The molecule has 3 fully saturated rings. The Hall–Kier alpha value is -1.98. The zero-order valence-corrected chi connectivity index (χ0v) is 13.2. The summed E-state index contributed by atoms with van der Waals surface area (Å²) in [5.41, 5.74) is -1.37. The third-order valence-electron chi connectivity index (χ3n) is 5.65. The summed E-state index contributed by atoms with van der Waals surface area (Å²) >= 11 is 0. The van der Waals surface area contributed by atoms with Crippen LogP contribution in [0.3, 0.4) is 0 Å². The SMILES string of the molecule is O=C1CC(C(=O)NC2(c3cc(F)ccc3F)CC2)C2(CCCC2)O1. The highest BCUT2D eigenvalue weighted by molar-refractivity contribution is 5.88. The molecule has 3 aliphatic rings. The first kappa shape index (κ1) is 15.5. The van der Waals surface area contributed by atoms with Crippen molar-refractivity contribution >= 4 is 11.9 Å². The molecule has 1 unspecified atom stereocenters. The average Bonchev–Trinajstić information content (AvgIpc) is 3.02. The lowest BCUT2D eigenvalue weighted by molar-refractivity contribution is -0.150. The highest BCUT2D eigenvalue weighted by Crippen LogP contribution is 2.49. The van der Waals surface area contributed by atoms with E-state index in [1.807, 2.05) is 0 Å². The van der Waals surface area contributed by atoms with Gasteiger partial charge in [-0.3, -0.25) is 9.59 Å². The molecular formula is C18H19F2NO3. The standard InChI is InChI=1S/C18H19F2NO3/c19-11-3-4-14(20)12(9-11)17(7-8-17)21-16(23)13-10-15(22)24-18(13)5-1-2-6-18/h3-4,9,13H,1-2,5-8,10H2,(H,21,23). The monoisotopic (exact) mass is 335 g/mol. The van der Waals surface area contributed by atoms with Gasteiger partial charge >= 0.3 is 5.97 Å². The summed E-state index contributed by atoms with van der Waals surface area (Å²) in [6, 6.07) is 3.29. The van der Waals surface area contributed by atoms with Gasteiger partial charge in [0, 0.05) is 5.56 Å². The van der Waals surface area contributed by atoms with Crippen molar-refractivity contribution in [2.75, 3.05) is 0 Å². The minimum absolute atomic E-state index is 0.0630. The van der Waals surface area contributed by atoms with E-state index in [1.165, 1.54) is 0 Å². The number of ether oxygens (including phenoxy) is 1. The Morgan fingerprint density at radius 3 is 2.54 bits per heavy atom. The maximum Gasteiger partial charge on any atom is 0.307 e. The van der Waals surface area contributed by atoms with Crippen LogP contribution in [0.25, 0.3) is 0 Å². The lowest BCUT2D eigenvalue weighted by Crippen LogP contribution is -2.46. The van der Waals surface area contributed by atoms with Crippen LogP contribution in [-0.4, -0.2) is 17.5 Å². The van der Waals surface area contributed by atoms with Gasteiger partial charge in [-0.1, -0.05) is 0 Å². The molecule has 1 N–H and O–H groups in total. The molecule has 1 heterocycles. The first-order chi connectivity index (χ1) is 11.4. The summed E-state index contributed by atoms with van der Waals surface area (Å²) in [6.45, 7) is 0. The molecule has 1 saturated heterocycles. The molecule has 6 heteroatoms. The maximum atomic E-state index is 14.1. The molecule has 0 bridgehead atoms. The Balaban J connectivity index is 1.58. The Bertz CT molecular complexity index is 708. The third-order valence-corrected chi connectivity index (χ3v) is 5.65. The average molecular weight is 335 g/mol. The molecule has 4 nitrogen and oxygen atoms in total. The van der Waals surface area contributed by atoms with Gasteiger partial charge in [-0.2, -0.15) is 0 Å². The minimum Gasteiger partial charge on any atom is -0.458 e. The van der Waals surface area contributed by atoms with Crippen molar-refractivity contribution in [3.8, 4) is 0 Å². The topological polar surface area (TPSA) is 55.4 Å². The molecule has 1 atom stereocenters. The molecule has 0 radical (unpaired) electrons. The molecule has 0 aromatic heterocycles. The zero-order chi connectivity index (χ0) is 16.9. The highest BCUT2D eigenvalue weighted by Gasteiger charge is 2.56. The van der Waals surface area contributed by atoms with Crippen LogP contribution in [-0.2, 0) is 19.9 Å². The van der Waals surface area contributed by atoms with E-state index in [0.717, 1.165) is 31.0 Å². The zero-order valence-electron chi connectivity index (χ0n) is 13.2. The Kier molecular flexibility index (Phi) is 3.41. The molecule has 2 aliphatic carbocycles. The summed E-state index contributed by atoms with van der Waals surface area (Å²) < 4.78 is 33.1. The van der Waals surface area contributed by atoms with Gasteiger partial charge in [-0.15, -0.1) is 0 Å². The molecule has 24 heavy (non-hydrogen) atoms. The molecule has 1 aromatic carbocycles. The number of benzene rings is 1. The van der Waals surface area contributed by atoms with Crippen molar-refractivity contribution in [2.24, 2.45) is 5.92 Å². The van der Waals surface area contributed by atoms with E-state index in [-0.39, 0.29) is 23.9 Å². The molecule has 1 aromatic rings. The lowest BCUT2D eigenvalue weighted by atomic mass is 9.84. The van der Waals surface area contributed by atoms with E-state index in [0.29, 0.717) is 25.7 Å². The molecule has 1 amide bonds. The van der Waals surface area contributed by atoms with E-state index in [9.17, 15) is 18.4 Å². The predicted octanol–water partition coefficient (Wildman–Crippen LogP) is 2.95.